The van der Waals surface area contributed by atoms with Crippen molar-refractivity contribution in [3.63, 3.8) is 0 Å². The number of hydrogen-bond donors (Lipinski definition) is 2. The summed E-state index contributed by atoms with van der Waals surface area (Å²) in [5, 5.41) is 14.1. The maximum atomic E-state index is 12.2. The molecule has 0 atom stereocenters. The van der Waals surface area contributed by atoms with Crippen molar-refractivity contribution in [2.75, 3.05) is 16.4 Å². The van der Waals surface area contributed by atoms with Crippen LogP contribution in [0.1, 0.15) is 16.7 Å². The molecule has 0 saturated heterocycles. The Labute approximate surface area is 171 Å². The van der Waals surface area contributed by atoms with Crippen LogP contribution >= 0.6 is 23.1 Å². The number of hydrogen-bond acceptors (Lipinski definition) is 6. The fourth-order valence-electron chi connectivity index (χ4n) is 2.53. The van der Waals surface area contributed by atoms with Gasteiger partial charge in [0.25, 0.3) is 0 Å². The normalized spacial score (nSPS) is 10.5. The first-order valence-corrected chi connectivity index (χ1v) is 10.5. The van der Waals surface area contributed by atoms with Gasteiger partial charge in [0.05, 0.1) is 12.2 Å². The van der Waals surface area contributed by atoms with Crippen LogP contribution < -0.4 is 10.6 Å². The van der Waals surface area contributed by atoms with Crippen molar-refractivity contribution in [1.29, 1.82) is 0 Å². The molecular formula is C20H20N4O2S2. The molecule has 3 rings (SSSR count). The van der Waals surface area contributed by atoms with Crippen molar-refractivity contribution in [1.82, 2.24) is 10.2 Å². The Morgan fingerprint density at radius 3 is 2.54 bits per heavy atom. The largest absolute Gasteiger partial charge is 0.325 e. The number of rotatable bonds is 7. The lowest BCUT2D eigenvalue weighted by molar-refractivity contribution is -0.115. The lowest BCUT2D eigenvalue weighted by Gasteiger charge is -2.08. The molecule has 2 amide bonds. The van der Waals surface area contributed by atoms with E-state index in [1.807, 2.05) is 62.4 Å². The van der Waals surface area contributed by atoms with Gasteiger partial charge < -0.3 is 10.6 Å². The molecule has 2 N–H and O–H groups in total. The van der Waals surface area contributed by atoms with Gasteiger partial charge in [-0.1, -0.05) is 71.1 Å². The third-order valence-corrected chi connectivity index (χ3v) is 5.82. The van der Waals surface area contributed by atoms with Crippen LogP contribution in [-0.4, -0.2) is 27.8 Å². The van der Waals surface area contributed by atoms with Gasteiger partial charge >= 0.3 is 0 Å². The van der Waals surface area contributed by atoms with Gasteiger partial charge in [0.2, 0.25) is 16.9 Å². The molecule has 0 spiro atoms. The molecule has 1 heterocycles. The van der Waals surface area contributed by atoms with Crippen LogP contribution in [-0.2, 0) is 16.0 Å². The smallest absolute Gasteiger partial charge is 0.234 e. The number of aromatic nitrogens is 2. The predicted octanol–water partition coefficient (Wildman–Crippen LogP) is 4.07. The molecular weight excluding hydrogens is 392 g/mol. The van der Waals surface area contributed by atoms with Crippen molar-refractivity contribution in [2.24, 2.45) is 0 Å². The molecule has 0 saturated carbocycles. The topological polar surface area (TPSA) is 84.0 Å². The van der Waals surface area contributed by atoms with Gasteiger partial charge in [0, 0.05) is 5.69 Å². The average Bonchev–Trinajstić information content (AvgIpc) is 3.10. The van der Waals surface area contributed by atoms with Crippen molar-refractivity contribution in [3.05, 3.63) is 65.2 Å². The van der Waals surface area contributed by atoms with E-state index in [9.17, 15) is 9.59 Å². The predicted molar refractivity (Wildman–Crippen MR) is 114 cm³/mol. The Bertz CT molecular complexity index is 973. The first-order valence-electron chi connectivity index (χ1n) is 8.67. The minimum atomic E-state index is -0.147. The van der Waals surface area contributed by atoms with Gasteiger partial charge in [-0.05, 0) is 31.0 Å². The van der Waals surface area contributed by atoms with Gasteiger partial charge in [0.1, 0.15) is 0 Å². The maximum absolute atomic E-state index is 12.2. The number of anilines is 2. The second-order valence-electron chi connectivity index (χ2n) is 6.24. The van der Waals surface area contributed by atoms with E-state index in [0.717, 1.165) is 22.4 Å². The van der Waals surface area contributed by atoms with E-state index in [-0.39, 0.29) is 24.0 Å². The van der Waals surface area contributed by atoms with Crippen LogP contribution in [0.25, 0.3) is 0 Å². The van der Waals surface area contributed by atoms with Crippen LogP contribution in [0, 0.1) is 13.8 Å². The van der Waals surface area contributed by atoms with E-state index in [1.54, 1.807) is 0 Å². The zero-order valence-electron chi connectivity index (χ0n) is 15.6. The lowest BCUT2D eigenvalue weighted by atomic mass is 10.1. The molecule has 8 heteroatoms. The van der Waals surface area contributed by atoms with Gasteiger partial charge in [-0.2, -0.15) is 0 Å². The minimum Gasteiger partial charge on any atom is -0.325 e. The van der Waals surface area contributed by atoms with E-state index in [2.05, 4.69) is 20.8 Å². The SMILES string of the molecule is Cc1ccc(NC(=O)CSc2nnc(NC(=O)Cc3ccccc3)s2)c(C)c1. The monoisotopic (exact) mass is 412 g/mol. The van der Waals surface area contributed by atoms with Gasteiger partial charge in [0.15, 0.2) is 4.34 Å². The van der Waals surface area contributed by atoms with Gasteiger partial charge in [-0.15, -0.1) is 10.2 Å². The highest BCUT2D eigenvalue weighted by molar-refractivity contribution is 8.01. The molecule has 6 nitrogen and oxygen atoms in total. The fourth-order valence-corrected chi connectivity index (χ4v) is 4.10. The Morgan fingerprint density at radius 2 is 1.79 bits per heavy atom. The third kappa shape index (κ3) is 5.90. The molecule has 0 unspecified atom stereocenters. The molecule has 0 fully saturated rings. The minimum absolute atomic E-state index is 0.109. The number of carbonyl (C=O) groups is 2. The Hall–Kier alpha value is -2.71. The van der Waals surface area contributed by atoms with Crippen LogP contribution in [0.15, 0.2) is 52.9 Å². The summed E-state index contributed by atoms with van der Waals surface area (Å²) >= 11 is 2.54. The van der Waals surface area contributed by atoms with E-state index in [0.29, 0.717) is 9.47 Å². The average molecular weight is 413 g/mol. The van der Waals surface area contributed by atoms with Crippen LogP contribution in [0.5, 0.6) is 0 Å². The van der Waals surface area contributed by atoms with E-state index in [4.69, 9.17) is 0 Å². The maximum Gasteiger partial charge on any atom is 0.234 e. The van der Waals surface area contributed by atoms with Crippen molar-refractivity contribution in [3.8, 4) is 0 Å². The molecule has 0 aliphatic carbocycles. The number of amides is 2. The second kappa shape index (κ2) is 9.48. The lowest BCUT2D eigenvalue weighted by Crippen LogP contribution is -2.14. The van der Waals surface area contributed by atoms with Crippen LogP contribution in [0.3, 0.4) is 0 Å². The van der Waals surface area contributed by atoms with E-state index >= 15 is 0 Å². The number of carbonyl (C=O) groups excluding carboxylic acids is 2. The number of benzene rings is 2. The summed E-state index contributed by atoms with van der Waals surface area (Å²) < 4.78 is 0.630. The van der Waals surface area contributed by atoms with Crippen molar-refractivity contribution in [2.45, 2.75) is 24.6 Å². The summed E-state index contributed by atoms with van der Waals surface area (Å²) in [5.74, 6) is -0.0341. The summed E-state index contributed by atoms with van der Waals surface area (Å²) in [6.45, 7) is 3.98. The van der Waals surface area contributed by atoms with Crippen molar-refractivity contribution < 1.29 is 9.59 Å². The highest BCUT2D eigenvalue weighted by atomic mass is 32.2. The number of thioether (sulfide) groups is 1. The molecule has 1 aromatic heterocycles. The summed E-state index contributed by atoms with van der Waals surface area (Å²) in [7, 11) is 0. The number of nitrogens with one attached hydrogen (secondary N) is 2. The standard InChI is InChI=1S/C20H20N4O2S2/c1-13-8-9-16(14(2)10-13)21-18(26)12-27-20-24-23-19(28-20)22-17(25)11-15-6-4-3-5-7-15/h3-10H,11-12H2,1-2H3,(H,21,26)(H,22,23,25). The fraction of sp³-hybridized carbons (Fsp3) is 0.200. The highest BCUT2D eigenvalue weighted by Gasteiger charge is 2.11. The second-order valence-corrected chi connectivity index (χ2v) is 8.44. The molecule has 0 aliphatic rings. The summed E-state index contributed by atoms with van der Waals surface area (Å²) in [6.07, 6.45) is 0.279. The quantitative estimate of drug-likeness (QED) is 0.451. The third-order valence-electron chi connectivity index (χ3n) is 3.84. The summed E-state index contributed by atoms with van der Waals surface area (Å²) in [4.78, 5) is 24.2. The molecule has 2 aromatic carbocycles. The van der Waals surface area contributed by atoms with E-state index < -0.39 is 0 Å². The van der Waals surface area contributed by atoms with Crippen molar-refractivity contribution >= 4 is 45.7 Å². The Balaban J connectivity index is 1.47. The Kier molecular flexibility index (Phi) is 6.78. The molecule has 0 aliphatic heterocycles. The highest BCUT2D eigenvalue weighted by Crippen LogP contribution is 2.26. The first-order chi connectivity index (χ1) is 13.5. The molecule has 0 radical (unpaired) electrons. The summed E-state index contributed by atoms with van der Waals surface area (Å²) in [5.41, 5.74) is 3.92. The molecule has 3 aromatic rings. The zero-order chi connectivity index (χ0) is 19.9. The van der Waals surface area contributed by atoms with E-state index in [1.165, 1.54) is 23.1 Å². The zero-order valence-corrected chi connectivity index (χ0v) is 17.2. The van der Waals surface area contributed by atoms with Gasteiger partial charge in [-0.25, -0.2) is 0 Å². The molecule has 0 bridgehead atoms. The number of aryl methyl sites for hydroxylation is 2. The Morgan fingerprint density at radius 1 is 1.00 bits per heavy atom. The molecule has 144 valence electrons. The van der Waals surface area contributed by atoms with Crippen LogP contribution in [0.2, 0.25) is 0 Å². The van der Waals surface area contributed by atoms with Crippen LogP contribution in [0.4, 0.5) is 10.8 Å². The first kappa shape index (κ1) is 20.0. The molecule has 28 heavy (non-hydrogen) atoms. The summed E-state index contributed by atoms with van der Waals surface area (Å²) in [6, 6.07) is 15.4. The number of nitrogens with zero attached hydrogens (tertiary/aromatic N) is 2. The van der Waals surface area contributed by atoms with Gasteiger partial charge in [-0.3, -0.25) is 9.59 Å².